The maximum absolute atomic E-state index is 11.2. The summed E-state index contributed by atoms with van der Waals surface area (Å²) in [5.74, 6) is 1.93. The fraction of sp³-hybridized carbons (Fsp3) is 0.818. The zero-order valence-electron chi connectivity index (χ0n) is 10.8. The van der Waals surface area contributed by atoms with Gasteiger partial charge in [0.1, 0.15) is 0 Å². The number of aliphatic imine (C=N–C) groups is 1. The van der Waals surface area contributed by atoms with Gasteiger partial charge in [0.2, 0.25) is 5.91 Å². The van der Waals surface area contributed by atoms with Crippen LogP contribution in [0.2, 0.25) is 0 Å². The molecule has 0 spiro atoms. The first kappa shape index (κ1) is 14.2. The molecule has 1 saturated heterocycles. The summed E-state index contributed by atoms with van der Waals surface area (Å²) in [7, 11) is 3.40. The minimum atomic E-state index is -0.0235. The van der Waals surface area contributed by atoms with E-state index in [4.69, 9.17) is 0 Å². The number of carbonyl (C=O) groups is 1. The van der Waals surface area contributed by atoms with Crippen molar-refractivity contribution < 1.29 is 4.79 Å². The van der Waals surface area contributed by atoms with Gasteiger partial charge in [-0.2, -0.15) is 11.8 Å². The summed E-state index contributed by atoms with van der Waals surface area (Å²) in [6.07, 6.45) is 1.17. The van der Waals surface area contributed by atoms with Gasteiger partial charge in [-0.3, -0.25) is 9.79 Å². The molecular weight excluding hydrogens is 236 g/mol. The Morgan fingerprint density at radius 1 is 1.59 bits per heavy atom. The Kier molecular flexibility index (Phi) is 6.18. The van der Waals surface area contributed by atoms with Crippen LogP contribution < -0.4 is 10.6 Å². The van der Waals surface area contributed by atoms with E-state index in [-0.39, 0.29) is 12.5 Å². The minimum Gasteiger partial charge on any atom is -0.358 e. The quantitative estimate of drug-likeness (QED) is 0.558. The Hall–Kier alpha value is -0.910. The van der Waals surface area contributed by atoms with Gasteiger partial charge in [-0.15, -0.1) is 0 Å². The highest BCUT2D eigenvalue weighted by atomic mass is 32.2. The molecule has 1 atom stereocenters. The predicted octanol–water partition coefficient (Wildman–Crippen LogP) is 0.135. The highest BCUT2D eigenvalue weighted by molar-refractivity contribution is 8.00. The Labute approximate surface area is 107 Å². The van der Waals surface area contributed by atoms with Crippen LogP contribution in [0.15, 0.2) is 4.99 Å². The van der Waals surface area contributed by atoms with E-state index in [1.807, 2.05) is 11.8 Å². The van der Waals surface area contributed by atoms with Crippen LogP contribution in [0.5, 0.6) is 0 Å². The fourth-order valence-corrected chi connectivity index (χ4v) is 2.92. The normalized spacial score (nSPS) is 21.2. The number of hydrogen-bond acceptors (Lipinski definition) is 3. The number of hydrogen-bond donors (Lipinski definition) is 2. The first-order valence-corrected chi connectivity index (χ1v) is 7.03. The summed E-state index contributed by atoms with van der Waals surface area (Å²) in [4.78, 5) is 17.6. The Morgan fingerprint density at radius 3 is 2.94 bits per heavy atom. The van der Waals surface area contributed by atoms with Gasteiger partial charge in [0, 0.05) is 38.2 Å². The summed E-state index contributed by atoms with van der Waals surface area (Å²) in [5.41, 5.74) is 0. The van der Waals surface area contributed by atoms with E-state index >= 15 is 0 Å². The lowest BCUT2D eigenvalue weighted by Gasteiger charge is -2.34. The standard InChI is InChI=1S/C11H22N4OS/c1-4-9-8-15(5-6-17-9)11(13-3)14-7-10(16)12-2/h9H,4-8H2,1-3H3,(H,12,16)(H,13,14). The monoisotopic (exact) mass is 258 g/mol. The molecule has 0 aromatic rings. The lowest BCUT2D eigenvalue weighted by molar-refractivity contribution is -0.119. The highest BCUT2D eigenvalue weighted by Crippen LogP contribution is 2.20. The SMILES string of the molecule is CCC1CN(C(=NC)NCC(=O)NC)CCS1. The third kappa shape index (κ3) is 4.46. The largest absolute Gasteiger partial charge is 0.358 e. The molecule has 0 radical (unpaired) electrons. The summed E-state index contributed by atoms with van der Waals surface area (Å²) in [6.45, 7) is 4.49. The van der Waals surface area contributed by atoms with E-state index in [1.165, 1.54) is 6.42 Å². The van der Waals surface area contributed by atoms with Crippen molar-refractivity contribution in [3.8, 4) is 0 Å². The van der Waals surface area contributed by atoms with Crippen LogP contribution in [0.1, 0.15) is 13.3 Å². The molecule has 0 bridgehead atoms. The third-order valence-corrected chi connectivity index (χ3v) is 4.16. The minimum absolute atomic E-state index is 0.0235. The Balaban J connectivity index is 2.47. The van der Waals surface area contributed by atoms with Crippen molar-refractivity contribution in [2.45, 2.75) is 18.6 Å². The van der Waals surface area contributed by atoms with Crippen LogP contribution in [0.3, 0.4) is 0 Å². The van der Waals surface area contributed by atoms with Crippen LogP contribution in [-0.4, -0.2) is 61.5 Å². The third-order valence-electron chi connectivity index (χ3n) is 2.79. The van der Waals surface area contributed by atoms with E-state index in [1.54, 1.807) is 14.1 Å². The smallest absolute Gasteiger partial charge is 0.239 e. The second kappa shape index (κ2) is 7.42. The molecule has 6 heteroatoms. The van der Waals surface area contributed by atoms with E-state index in [9.17, 15) is 4.79 Å². The van der Waals surface area contributed by atoms with Gasteiger partial charge in [0.25, 0.3) is 0 Å². The Bertz CT molecular complexity index is 283. The number of nitrogens with one attached hydrogen (secondary N) is 2. The molecule has 0 aliphatic carbocycles. The average molecular weight is 258 g/mol. The molecule has 1 unspecified atom stereocenters. The van der Waals surface area contributed by atoms with Crippen molar-refractivity contribution in [3.05, 3.63) is 0 Å². The number of rotatable bonds is 3. The van der Waals surface area contributed by atoms with Crippen molar-refractivity contribution in [1.82, 2.24) is 15.5 Å². The van der Waals surface area contributed by atoms with Crippen molar-refractivity contribution in [1.29, 1.82) is 0 Å². The van der Waals surface area contributed by atoms with Gasteiger partial charge >= 0.3 is 0 Å². The molecule has 0 aromatic heterocycles. The number of guanidine groups is 1. The van der Waals surface area contributed by atoms with Crippen LogP contribution in [-0.2, 0) is 4.79 Å². The molecule has 17 heavy (non-hydrogen) atoms. The first-order valence-electron chi connectivity index (χ1n) is 5.99. The lowest BCUT2D eigenvalue weighted by Crippen LogP contribution is -2.49. The van der Waals surface area contributed by atoms with E-state index in [0.717, 1.165) is 24.8 Å². The van der Waals surface area contributed by atoms with Gasteiger partial charge in [-0.05, 0) is 6.42 Å². The van der Waals surface area contributed by atoms with Crippen molar-refractivity contribution in [2.24, 2.45) is 4.99 Å². The molecule has 5 nitrogen and oxygen atoms in total. The molecule has 1 amide bonds. The first-order chi connectivity index (χ1) is 8.21. The molecule has 98 valence electrons. The van der Waals surface area contributed by atoms with Crippen LogP contribution in [0.25, 0.3) is 0 Å². The number of carbonyl (C=O) groups excluding carboxylic acids is 1. The number of nitrogens with zero attached hydrogens (tertiary/aromatic N) is 2. The molecule has 0 saturated carbocycles. The molecule has 2 N–H and O–H groups in total. The molecule has 0 aromatic carbocycles. The summed E-state index contributed by atoms with van der Waals surface area (Å²) in [5, 5.41) is 6.35. The van der Waals surface area contributed by atoms with Crippen molar-refractivity contribution >= 4 is 23.6 Å². The van der Waals surface area contributed by atoms with E-state index in [0.29, 0.717) is 5.25 Å². The number of thioether (sulfide) groups is 1. The molecule has 1 rings (SSSR count). The molecule has 1 fully saturated rings. The lowest BCUT2D eigenvalue weighted by atomic mass is 10.3. The van der Waals surface area contributed by atoms with Gasteiger partial charge in [-0.1, -0.05) is 6.92 Å². The van der Waals surface area contributed by atoms with Gasteiger partial charge < -0.3 is 15.5 Å². The summed E-state index contributed by atoms with van der Waals surface area (Å²) in [6, 6.07) is 0. The molecule has 1 aliphatic heterocycles. The number of likely N-dealkylation sites (N-methyl/N-ethyl adjacent to an activating group) is 1. The average Bonchev–Trinajstić information content (AvgIpc) is 2.39. The fourth-order valence-electron chi connectivity index (χ4n) is 1.74. The van der Waals surface area contributed by atoms with Crippen molar-refractivity contribution in [3.63, 3.8) is 0 Å². The zero-order chi connectivity index (χ0) is 12.7. The second-order valence-electron chi connectivity index (χ2n) is 3.92. The maximum Gasteiger partial charge on any atom is 0.239 e. The van der Waals surface area contributed by atoms with Gasteiger partial charge in [-0.25, -0.2) is 0 Å². The van der Waals surface area contributed by atoms with E-state index in [2.05, 4.69) is 27.4 Å². The van der Waals surface area contributed by atoms with E-state index < -0.39 is 0 Å². The molecular formula is C11H22N4OS. The predicted molar refractivity (Wildman–Crippen MR) is 73.5 cm³/mol. The summed E-state index contributed by atoms with van der Waals surface area (Å²) < 4.78 is 0. The van der Waals surface area contributed by atoms with Gasteiger partial charge in [0.15, 0.2) is 5.96 Å². The Morgan fingerprint density at radius 2 is 2.35 bits per heavy atom. The summed E-state index contributed by atoms with van der Waals surface area (Å²) >= 11 is 2.02. The highest BCUT2D eigenvalue weighted by Gasteiger charge is 2.21. The van der Waals surface area contributed by atoms with Crippen LogP contribution in [0, 0.1) is 0 Å². The maximum atomic E-state index is 11.2. The zero-order valence-corrected chi connectivity index (χ0v) is 11.6. The molecule has 1 aliphatic rings. The topological polar surface area (TPSA) is 56.7 Å². The van der Waals surface area contributed by atoms with Crippen molar-refractivity contribution in [2.75, 3.05) is 39.5 Å². The molecule has 1 heterocycles. The van der Waals surface area contributed by atoms with Crippen LogP contribution >= 0.6 is 11.8 Å². The van der Waals surface area contributed by atoms with Crippen LogP contribution in [0.4, 0.5) is 0 Å². The number of amides is 1. The second-order valence-corrected chi connectivity index (χ2v) is 5.33. The van der Waals surface area contributed by atoms with Gasteiger partial charge in [0.05, 0.1) is 6.54 Å².